The van der Waals surface area contributed by atoms with Crippen molar-refractivity contribution in [2.45, 2.75) is 13.5 Å². The van der Waals surface area contributed by atoms with Gasteiger partial charge in [0.15, 0.2) is 12.4 Å². The number of benzene rings is 2. The summed E-state index contributed by atoms with van der Waals surface area (Å²) in [6.45, 7) is 1.68. The topological polar surface area (TPSA) is 85.6 Å². The number of aryl methyl sites for hydroxylation is 1. The number of rotatable bonds is 7. The zero-order valence-electron chi connectivity index (χ0n) is 15.3. The molecular formula is C22H19NO5. The number of hydrogen-bond donors (Lipinski definition) is 1. The lowest BCUT2D eigenvalue weighted by molar-refractivity contribution is -0.124. The van der Waals surface area contributed by atoms with Crippen molar-refractivity contribution in [3.63, 3.8) is 0 Å². The second-order valence-corrected chi connectivity index (χ2v) is 6.17. The number of esters is 1. The van der Waals surface area contributed by atoms with Crippen LogP contribution in [0, 0.1) is 6.92 Å². The molecule has 0 aliphatic rings. The van der Waals surface area contributed by atoms with Gasteiger partial charge in [-0.1, -0.05) is 48.0 Å². The molecule has 1 amide bonds. The zero-order chi connectivity index (χ0) is 19.9. The fraction of sp³-hybridized carbons (Fsp3) is 0.136. The minimum atomic E-state index is -0.732. The Morgan fingerprint density at radius 2 is 1.64 bits per heavy atom. The van der Waals surface area contributed by atoms with Crippen LogP contribution in [0.25, 0.3) is 0 Å². The van der Waals surface area contributed by atoms with E-state index in [0.717, 1.165) is 5.56 Å². The van der Waals surface area contributed by atoms with E-state index in [9.17, 15) is 14.4 Å². The van der Waals surface area contributed by atoms with Crippen molar-refractivity contribution in [2.75, 3.05) is 6.61 Å². The zero-order valence-corrected chi connectivity index (χ0v) is 15.3. The molecule has 0 atom stereocenters. The molecule has 1 aromatic heterocycles. The highest BCUT2D eigenvalue weighted by molar-refractivity contribution is 6.14. The molecule has 0 saturated carbocycles. The van der Waals surface area contributed by atoms with E-state index >= 15 is 0 Å². The summed E-state index contributed by atoms with van der Waals surface area (Å²) in [5.41, 5.74) is 1.85. The van der Waals surface area contributed by atoms with Crippen molar-refractivity contribution in [1.29, 1.82) is 0 Å². The van der Waals surface area contributed by atoms with E-state index in [0.29, 0.717) is 11.3 Å². The third kappa shape index (κ3) is 4.73. The van der Waals surface area contributed by atoms with Crippen LogP contribution in [0.15, 0.2) is 71.3 Å². The van der Waals surface area contributed by atoms with Gasteiger partial charge in [-0.2, -0.15) is 0 Å². The molecule has 1 heterocycles. The van der Waals surface area contributed by atoms with Gasteiger partial charge in [-0.15, -0.1) is 0 Å². The Hall–Kier alpha value is -3.67. The molecule has 0 aliphatic carbocycles. The van der Waals surface area contributed by atoms with Gasteiger partial charge in [0.2, 0.25) is 0 Å². The summed E-state index contributed by atoms with van der Waals surface area (Å²) in [6.07, 6.45) is 1.50. The van der Waals surface area contributed by atoms with E-state index in [1.165, 1.54) is 12.3 Å². The highest BCUT2D eigenvalue weighted by Gasteiger charge is 2.19. The first-order valence-corrected chi connectivity index (χ1v) is 8.71. The van der Waals surface area contributed by atoms with Crippen LogP contribution in [0.4, 0.5) is 0 Å². The van der Waals surface area contributed by atoms with Gasteiger partial charge >= 0.3 is 5.97 Å². The van der Waals surface area contributed by atoms with Gasteiger partial charge in [-0.25, -0.2) is 4.79 Å². The Bertz CT molecular complexity index is 974. The van der Waals surface area contributed by atoms with Gasteiger partial charge in [-0.3, -0.25) is 9.59 Å². The maximum Gasteiger partial charge on any atom is 0.339 e. The number of amides is 1. The van der Waals surface area contributed by atoms with E-state index in [-0.39, 0.29) is 23.5 Å². The highest BCUT2D eigenvalue weighted by Crippen LogP contribution is 2.16. The maximum absolute atomic E-state index is 12.8. The first-order chi connectivity index (χ1) is 13.5. The molecule has 0 radical (unpaired) electrons. The number of carbonyl (C=O) groups excluding carboxylic acids is 3. The van der Waals surface area contributed by atoms with Crippen LogP contribution in [0.1, 0.15) is 37.6 Å². The van der Waals surface area contributed by atoms with Crippen LogP contribution >= 0.6 is 0 Å². The molecule has 0 spiro atoms. The molecule has 0 unspecified atom stereocenters. The smallest absolute Gasteiger partial charge is 0.339 e. The van der Waals surface area contributed by atoms with Crippen molar-refractivity contribution in [3.8, 4) is 0 Å². The van der Waals surface area contributed by atoms with Crippen molar-refractivity contribution in [2.24, 2.45) is 0 Å². The molecule has 142 valence electrons. The van der Waals surface area contributed by atoms with Gasteiger partial charge in [0.1, 0.15) is 5.76 Å². The average Bonchev–Trinajstić information content (AvgIpc) is 3.24. The molecule has 3 rings (SSSR count). The van der Waals surface area contributed by atoms with Crippen LogP contribution in [0.2, 0.25) is 0 Å². The number of ketones is 1. The van der Waals surface area contributed by atoms with Crippen molar-refractivity contribution in [3.05, 3.63) is 94.9 Å². The number of nitrogens with one attached hydrogen (secondary N) is 1. The molecule has 2 aromatic carbocycles. The van der Waals surface area contributed by atoms with E-state index in [1.54, 1.807) is 42.5 Å². The van der Waals surface area contributed by atoms with Crippen LogP contribution < -0.4 is 5.32 Å². The van der Waals surface area contributed by atoms with Crippen LogP contribution in [0.3, 0.4) is 0 Å². The first-order valence-electron chi connectivity index (χ1n) is 8.71. The Kier molecular flexibility index (Phi) is 6.01. The average molecular weight is 377 g/mol. The van der Waals surface area contributed by atoms with E-state index < -0.39 is 18.5 Å². The highest BCUT2D eigenvalue weighted by atomic mass is 16.5. The van der Waals surface area contributed by atoms with Gasteiger partial charge in [-0.05, 0) is 25.1 Å². The fourth-order valence-electron chi connectivity index (χ4n) is 2.58. The molecule has 6 heteroatoms. The lowest BCUT2D eigenvalue weighted by atomic mass is 9.98. The van der Waals surface area contributed by atoms with E-state index in [4.69, 9.17) is 9.15 Å². The van der Waals surface area contributed by atoms with Gasteiger partial charge in [0.05, 0.1) is 18.4 Å². The Balaban J connectivity index is 1.64. The van der Waals surface area contributed by atoms with Gasteiger partial charge in [0.25, 0.3) is 5.91 Å². The molecular weight excluding hydrogens is 358 g/mol. The second kappa shape index (κ2) is 8.81. The molecule has 0 saturated heterocycles. The molecule has 3 aromatic rings. The summed E-state index contributed by atoms with van der Waals surface area (Å²) >= 11 is 0. The third-order valence-corrected chi connectivity index (χ3v) is 4.08. The molecule has 1 N–H and O–H groups in total. The quantitative estimate of drug-likeness (QED) is 0.504. The Labute approximate surface area is 162 Å². The van der Waals surface area contributed by atoms with E-state index in [1.807, 2.05) is 19.1 Å². The second-order valence-electron chi connectivity index (χ2n) is 6.17. The predicted molar refractivity (Wildman–Crippen MR) is 102 cm³/mol. The van der Waals surface area contributed by atoms with Crippen molar-refractivity contribution in [1.82, 2.24) is 5.32 Å². The Morgan fingerprint density at radius 1 is 0.929 bits per heavy atom. The summed E-state index contributed by atoms with van der Waals surface area (Å²) in [4.78, 5) is 37.0. The summed E-state index contributed by atoms with van der Waals surface area (Å²) in [5, 5.41) is 2.58. The maximum atomic E-state index is 12.8. The molecule has 28 heavy (non-hydrogen) atoms. The normalized spacial score (nSPS) is 10.3. The SMILES string of the molecule is Cc1ccc(C(=O)c2ccccc2C(=O)OCC(=O)NCc2ccco2)cc1. The largest absolute Gasteiger partial charge is 0.467 e. The van der Waals surface area contributed by atoms with Crippen molar-refractivity contribution >= 4 is 17.7 Å². The predicted octanol–water partition coefficient (Wildman–Crippen LogP) is 3.29. The Morgan fingerprint density at radius 3 is 2.32 bits per heavy atom. The summed E-state index contributed by atoms with van der Waals surface area (Å²) in [5.74, 6) is -0.889. The minimum absolute atomic E-state index is 0.118. The standard InChI is InChI=1S/C22H19NO5/c1-15-8-10-16(11-9-15)21(25)18-6-2-3-7-19(18)22(26)28-14-20(24)23-13-17-5-4-12-27-17/h2-12H,13-14H2,1H3,(H,23,24). The molecule has 0 fully saturated rings. The lowest BCUT2D eigenvalue weighted by Crippen LogP contribution is -2.28. The van der Waals surface area contributed by atoms with Gasteiger partial charge in [0, 0.05) is 11.1 Å². The summed E-state index contributed by atoms with van der Waals surface area (Å²) in [7, 11) is 0. The van der Waals surface area contributed by atoms with Gasteiger partial charge < -0.3 is 14.5 Å². The monoisotopic (exact) mass is 377 g/mol. The van der Waals surface area contributed by atoms with Crippen LogP contribution in [0.5, 0.6) is 0 Å². The number of ether oxygens (including phenoxy) is 1. The lowest BCUT2D eigenvalue weighted by Gasteiger charge is -2.09. The molecule has 0 aliphatic heterocycles. The number of furan rings is 1. The number of hydrogen-bond acceptors (Lipinski definition) is 5. The summed E-state index contributed by atoms with van der Waals surface area (Å²) in [6, 6.07) is 16.9. The minimum Gasteiger partial charge on any atom is -0.467 e. The third-order valence-electron chi connectivity index (χ3n) is 4.08. The molecule has 6 nitrogen and oxygen atoms in total. The van der Waals surface area contributed by atoms with Crippen LogP contribution in [-0.4, -0.2) is 24.3 Å². The summed E-state index contributed by atoms with van der Waals surface area (Å²) < 4.78 is 10.2. The van der Waals surface area contributed by atoms with Crippen molar-refractivity contribution < 1.29 is 23.5 Å². The van der Waals surface area contributed by atoms with E-state index in [2.05, 4.69) is 5.32 Å². The fourth-order valence-corrected chi connectivity index (χ4v) is 2.58. The number of carbonyl (C=O) groups is 3. The first kappa shape index (κ1) is 19.1. The van der Waals surface area contributed by atoms with Crippen LogP contribution in [-0.2, 0) is 16.1 Å². The molecule has 0 bridgehead atoms.